The number of hydrogen-bond acceptors (Lipinski definition) is 3. The third-order valence-electron chi connectivity index (χ3n) is 5.84. The van der Waals surface area contributed by atoms with Crippen molar-refractivity contribution < 1.29 is 20.1 Å². The van der Waals surface area contributed by atoms with Gasteiger partial charge in [0.1, 0.15) is 0 Å². The van der Waals surface area contributed by atoms with Crippen molar-refractivity contribution in [2.24, 2.45) is 0 Å². The number of hydrogen-bond donors (Lipinski definition) is 0. The van der Waals surface area contributed by atoms with Gasteiger partial charge in [-0.1, -0.05) is 70.8 Å². The van der Waals surface area contributed by atoms with Gasteiger partial charge in [-0.15, -0.1) is 84.4 Å². The summed E-state index contributed by atoms with van der Waals surface area (Å²) in [6.07, 6.45) is 1.79. The Morgan fingerprint density at radius 2 is 0.838 bits per heavy atom. The maximum atomic E-state index is 4.94. The Balaban J connectivity index is 0.00000280. The van der Waals surface area contributed by atoms with Gasteiger partial charge in [-0.05, 0) is 28.8 Å². The van der Waals surface area contributed by atoms with E-state index in [1.807, 2.05) is 115 Å². The van der Waals surface area contributed by atoms with Crippen molar-refractivity contribution in [1.82, 2.24) is 15.0 Å². The molecule has 0 aliphatic rings. The Kier molecular flexibility index (Phi) is 7.41. The minimum absolute atomic E-state index is 0. The molecule has 3 aromatic heterocycles. The van der Waals surface area contributed by atoms with E-state index in [9.17, 15) is 0 Å². The smallest absolute Gasteiger partial charge is 0.335 e. The van der Waals surface area contributed by atoms with Crippen molar-refractivity contribution in [2.45, 2.75) is 0 Å². The number of nitrogens with zero attached hydrogens (tertiary/aromatic N) is 3. The predicted molar refractivity (Wildman–Crippen MR) is 144 cm³/mol. The maximum absolute atomic E-state index is 4.94. The fraction of sp³-hybridized carbons (Fsp3) is 0. The molecular formula is C33H20IrN3. The topological polar surface area (TPSA) is 38.7 Å². The standard InChI is InChI=1S/C33H20N3.Ir/c1-2-10-24(11-3-1)30-17-8-18-31(35-30)27-14-7-15-28(23-27)33-20-9-19-32(36-33)26-13-6-12-25(22-26)29-16-4-5-21-34-29;/h1-10,12-21H;/q-3;+3. The van der Waals surface area contributed by atoms with Crippen LogP contribution in [0.5, 0.6) is 0 Å². The molecule has 0 saturated carbocycles. The van der Waals surface area contributed by atoms with Gasteiger partial charge in [0.15, 0.2) is 0 Å². The van der Waals surface area contributed by atoms with Crippen molar-refractivity contribution in [3.8, 4) is 56.3 Å². The molecule has 0 spiro atoms. The van der Waals surface area contributed by atoms with Gasteiger partial charge >= 0.3 is 20.1 Å². The Hall–Kier alpha value is -4.24. The van der Waals surface area contributed by atoms with Crippen molar-refractivity contribution in [3.63, 3.8) is 0 Å². The monoisotopic (exact) mass is 651 g/mol. The van der Waals surface area contributed by atoms with Crippen LogP contribution in [-0.2, 0) is 20.1 Å². The number of aromatic nitrogens is 3. The number of rotatable bonds is 5. The average Bonchev–Trinajstić information content (AvgIpc) is 2.98. The first-order valence-corrected chi connectivity index (χ1v) is 11.7. The third-order valence-corrected chi connectivity index (χ3v) is 5.84. The minimum Gasteiger partial charge on any atom is -0.335 e. The Morgan fingerprint density at radius 3 is 1.32 bits per heavy atom. The van der Waals surface area contributed by atoms with Crippen LogP contribution in [0, 0.1) is 18.2 Å². The minimum atomic E-state index is 0. The first kappa shape index (κ1) is 24.5. The number of pyridine rings is 3. The van der Waals surface area contributed by atoms with Crippen molar-refractivity contribution in [1.29, 1.82) is 0 Å². The fourth-order valence-electron chi connectivity index (χ4n) is 4.08. The van der Waals surface area contributed by atoms with E-state index in [1.54, 1.807) is 6.20 Å². The zero-order chi connectivity index (χ0) is 24.2. The molecule has 6 aromatic rings. The van der Waals surface area contributed by atoms with Crippen LogP contribution >= 0.6 is 0 Å². The van der Waals surface area contributed by atoms with E-state index in [-0.39, 0.29) is 20.1 Å². The summed E-state index contributed by atoms with van der Waals surface area (Å²) in [5.74, 6) is 0. The largest absolute Gasteiger partial charge is 3.00 e. The molecule has 0 aliphatic heterocycles. The van der Waals surface area contributed by atoms with Gasteiger partial charge in [-0.2, -0.15) is 0 Å². The molecule has 37 heavy (non-hydrogen) atoms. The van der Waals surface area contributed by atoms with Crippen LogP contribution in [0.1, 0.15) is 0 Å². The molecule has 4 heteroatoms. The first-order valence-electron chi connectivity index (χ1n) is 11.7. The van der Waals surface area contributed by atoms with Crippen LogP contribution in [0.25, 0.3) is 56.3 Å². The van der Waals surface area contributed by atoms with Gasteiger partial charge in [0.25, 0.3) is 0 Å². The number of benzene rings is 3. The molecule has 0 amide bonds. The molecule has 0 atom stereocenters. The normalized spacial score (nSPS) is 10.5. The Labute approximate surface area is 230 Å². The van der Waals surface area contributed by atoms with Gasteiger partial charge < -0.3 is 9.97 Å². The van der Waals surface area contributed by atoms with Gasteiger partial charge in [-0.3, -0.25) is 4.98 Å². The molecule has 176 valence electrons. The van der Waals surface area contributed by atoms with E-state index in [1.165, 1.54) is 0 Å². The Morgan fingerprint density at radius 1 is 0.405 bits per heavy atom. The molecule has 6 rings (SSSR count). The summed E-state index contributed by atoms with van der Waals surface area (Å²) in [6, 6.07) is 48.1. The van der Waals surface area contributed by atoms with E-state index < -0.39 is 0 Å². The van der Waals surface area contributed by atoms with Crippen LogP contribution in [0.3, 0.4) is 0 Å². The van der Waals surface area contributed by atoms with Crippen LogP contribution < -0.4 is 0 Å². The van der Waals surface area contributed by atoms with Gasteiger partial charge in [-0.25, -0.2) is 0 Å². The average molecular weight is 651 g/mol. The third kappa shape index (κ3) is 5.46. The van der Waals surface area contributed by atoms with Crippen molar-refractivity contribution in [2.75, 3.05) is 0 Å². The molecule has 0 unspecified atom stereocenters. The Bertz CT molecular complexity index is 1510. The zero-order valence-corrected chi connectivity index (χ0v) is 22.1. The fourth-order valence-corrected chi connectivity index (χ4v) is 4.08. The van der Waals surface area contributed by atoms with Crippen molar-refractivity contribution in [3.05, 3.63) is 140 Å². The molecule has 0 saturated heterocycles. The van der Waals surface area contributed by atoms with Crippen LogP contribution in [0.2, 0.25) is 0 Å². The van der Waals surface area contributed by atoms with E-state index in [2.05, 4.69) is 23.2 Å². The predicted octanol–water partition coefficient (Wildman–Crippen LogP) is 7.60. The molecule has 0 bridgehead atoms. The molecule has 3 heterocycles. The summed E-state index contributed by atoms with van der Waals surface area (Å²) in [7, 11) is 0. The molecule has 0 aliphatic carbocycles. The second-order valence-electron chi connectivity index (χ2n) is 8.26. The zero-order valence-electron chi connectivity index (χ0n) is 19.7. The van der Waals surface area contributed by atoms with E-state index >= 15 is 0 Å². The molecule has 3 aromatic carbocycles. The summed E-state index contributed by atoms with van der Waals surface area (Å²) >= 11 is 0. The summed E-state index contributed by atoms with van der Waals surface area (Å²) in [5, 5.41) is 0. The summed E-state index contributed by atoms with van der Waals surface area (Å²) in [4.78, 5) is 14.2. The summed E-state index contributed by atoms with van der Waals surface area (Å²) in [6.45, 7) is 0. The SMILES string of the molecule is [Ir+3].[c-]1ccccc1-c1cccc(-c2[c-]c(-c3cccc(-c4[c-]c(-c5ccccn5)ccc4)n3)ccc2)n1. The van der Waals surface area contributed by atoms with Crippen LogP contribution in [-0.4, -0.2) is 15.0 Å². The van der Waals surface area contributed by atoms with Crippen molar-refractivity contribution >= 4 is 0 Å². The van der Waals surface area contributed by atoms with Gasteiger partial charge in [0.2, 0.25) is 0 Å². The van der Waals surface area contributed by atoms with E-state index in [4.69, 9.17) is 9.97 Å². The molecule has 0 fully saturated rings. The van der Waals surface area contributed by atoms with Gasteiger partial charge in [0, 0.05) is 11.9 Å². The molecule has 0 radical (unpaired) electrons. The van der Waals surface area contributed by atoms with Crippen LogP contribution in [0.4, 0.5) is 0 Å². The summed E-state index contributed by atoms with van der Waals surface area (Å²) < 4.78 is 0. The molecule has 0 N–H and O–H groups in total. The first-order chi connectivity index (χ1) is 17.8. The molecular weight excluding hydrogens is 631 g/mol. The molecule has 3 nitrogen and oxygen atoms in total. The maximum Gasteiger partial charge on any atom is 3.00 e. The van der Waals surface area contributed by atoms with E-state index in [0.29, 0.717) is 0 Å². The van der Waals surface area contributed by atoms with E-state index in [0.717, 1.165) is 56.3 Å². The van der Waals surface area contributed by atoms with Gasteiger partial charge in [0.05, 0.1) is 0 Å². The second-order valence-corrected chi connectivity index (χ2v) is 8.26. The summed E-state index contributed by atoms with van der Waals surface area (Å²) in [5.41, 5.74) is 8.99. The second kappa shape index (κ2) is 11.2. The van der Waals surface area contributed by atoms with Crippen LogP contribution in [0.15, 0.2) is 121 Å². The quantitative estimate of drug-likeness (QED) is 0.181.